The number of hydrogen-bond donors (Lipinski definition) is 1. The van der Waals surface area contributed by atoms with Gasteiger partial charge in [0.1, 0.15) is 0 Å². The van der Waals surface area contributed by atoms with Gasteiger partial charge >= 0.3 is 0 Å². The van der Waals surface area contributed by atoms with Gasteiger partial charge in [0.25, 0.3) is 0 Å². The van der Waals surface area contributed by atoms with Crippen molar-refractivity contribution in [1.29, 1.82) is 0 Å². The lowest BCUT2D eigenvalue weighted by Crippen LogP contribution is -2.25. The van der Waals surface area contributed by atoms with Crippen molar-refractivity contribution in [3.63, 3.8) is 0 Å². The topological polar surface area (TPSA) is 42.1 Å². The number of rotatable bonds is 3. The summed E-state index contributed by atoms with van der Waals surface area (Å²) in [4.78, 5) is 6.69. The number of nitrogens with zero attached hydrogens (tertiary/aromatic N) is 2. The van der Waals surface area contributed by atoms with Gasteiger partial charge in [-0.15, -0.1) is 0 Å². The third-order valence-corrected chi connectivity index (χ3v) is 3.47. The molecule has 1 aliphatic rings. The number of pyridine rings is 1. The Labute approximate surface area is 101 Å². The van der Waals surface area contributed by atoms with Crippen molar-refractivity contribution in [2.75, 3.05) is 17.2 Å². The molecule has 3 heteroatoms. The number of anilines is 2. The molecule has 0 amide bonds. The molecule has 1 fully saturated rings. The predicted octanol–water partition coefficient (Wildman–Crippen LogP) is 2.81. The summed E-state index contributed by atoms with van der Waals surface area (Å²) >= 11 is 0. The van der Waals surface area contributed by atoms with Crippen molar-refractivity contribution >= 4 is 22.1 Å². The molecule has 1 heterocycles. The van der Waals surface area contributed by atoms with Crippen molar-refractivity contribution in [2.45, 2.75) is 25.8 Å². The summed E-state index contributed by atoms with van der Waals surface area (Å²) in [6.45, 7) is 3.25. The molecule has 88 valence electrons. The molecule has 0 atom stereocenters. The van der Waals surface area contributed by atoms with Gasteiger partial charge in [-0.05, 0) is 38.0 Å². The van der Waals surface area contributed by atoms with Crippen LogP contribution in [0.1, 0.15) is 19.8 Å². The Morgan fingerprint density at radius 2 is 2.12 bits per heavy atom. The summed E-state index contributed by atoms with van der Waals surface area (Å²) in [5, 5.41) is 2.28. The predicted molar refractivity (Wildman–Crippen MR) is 72.2 cm³/mol. The van der Waals surface area contributed by atoms with E-state index in [1.54, 1.807) is 6.20 Å². The Balaban J connectivity index is 2.18. The summed E-state index contributed by atoms with van der Waals surface area (Å²) in [7, 11) is 0. The normalized spacial score (nSPS) is 15.1. The number of nitrogens with two attached hydrogens (primary N) is 1. The third-order valence-electron chi connectivity index (χ3n) is 3.47. The van der Waals surface area contributed by atoms with Gasteiger partial charge in [-0.2, -0.15) is 0 Å². The van der Waals surface area contributed by atoms with Crippen LogP contribution in [0, 0.1) is 0 Å². The molecule has 1 aromatic carbocycles. The van der Waals surface area contributed by atoms with Crippen LogP contribution in [-0.2, 0) is 0 Å². The first kappa shape index (κ1) is 10.4. The van der Waals surface area contributed by atoms with E-state index in [1.165, 1.54) is 23.9 Å². The van der Waals surface area contributed by atoms with Gasteiger partial charge < -0.3 is 10.6 Å². The summed E-state index contributed by atoms with van der Waals surface area (Å²) in [5.41, 5.74) is 8.11. The van der Waals surface area contributed by atoms with E-state index < -0.39 is 0 Å². The van der Waals surface area contributed by atoms with Gasteiger partial charge in [0.2, 0.25) is 0 Å². The van der Waals surface area contributed by atoms with Gasteiger partial charge in [-0.25, -0.2) is 0 Å². The molecule has 0 bridgehead atoms. The van der Waals surface area contributed by atoms with Gasteiger partial charge in [-0.1, -0.05) is 0 Å². The van der Waals surface area contributed by atoms with Crippen molar-refractivity contribution < 1.29 is 0 Å². The molecular weight excluding hydrogens is 210 g/mol. The van der Waals surface area contributed by atoms with Crippen LogP contribution in [0.15, 0.2) is 30.6 Å². The summed E-state index contributed by atoms with van der Waals surface area (Å²) < 4.78 is 0. The van der Waals surface area contributed by atoms with Gasteiger partial charge in [-0.3, -0.25) is 4.98 Å². The Morgan fingerprint density at radius 1 is 1.29 bits per heavy atom. The molecule has 1 aromatic heterocycles. The highest BCUT2D eigenvalue weighted by atomic mass is 15.2. The van der Waals surface area contributed by atoms with Crippen LogP contribution < -0.4 is 10.6 Å². The number of hydrogen-bond acceptors (Lipinski definition) is 3. The Bertz CT molecular complexity index is 546. The van der Waals surface area contributed by atoms with E-state index in [4.69, 9.17) is 5.73 Å². The van der Waals surface area contributed by atoms with Crippen LogP contribution in [0.25, 0.3) is 10.8 Å². The van der Waals surface area contributed by atoms with Crippen LogP contribution in [0.4, 0.5) is 11.4 Å². The third kappa shape index (κ3) is 1.71. The average molecular weight is 227 g/mol. The van der Waals surface area contributed by atoms with E-state index in [-0.39, 0.29) is 0 Å². The maximum Gasteiger partial charge on any atom is 0.0465 e. The minimum Gasteiger partial charge on any atom is -0.398 e. The fourth-order valence-corrected chi connectivity index (χ4v) is 2.46. The smallest absolute Gasteiger partial charge is 0.0465 e. The van der Waals surface area contributed by atoms with E-state index >= 15 is 0 Å². The fourth-order valence-electron chi connectivity index (χ4n) is 2.46. The highest BCUT2D eigenvalue weighted by molar-refractivity contribution is 6.00. The van der Waals surface area contributed by atoms with Crippen LogP contribution in [0.3, 0.4) is 0 Å². The number of benzene rings is 1. The maximum atomic E-state index is 6.01. The molecule has 0 saturated heterocycles. The first-order valence-corrected chi connectivity index (χ1v) is 6.20. The second-order valence-corrected chi connectivity index (χ2v) is 4.61. The first-order valence-electron chi connectivity index (χ1n) is 6.20. The van der Waals surface area contributed by atoms with Gasteiger partial charge in [0.05, 0.1) is 0 Å². The lowest BCUT2D eigenvalue weighted by molar-refractivity contribution is 0.830. The van der Waals surface area contributed by atoms with Crippen molar-refractivity contribution in [3.8, 4) is 0 Å². The molecule has 1 aliphatic carbocycles. The van der Waals surface area contributed by atoms with E-state index in [0.29, 0.717) is 6.04 Å². The lowest BCUT2D eigenvalue weighted by atomic mass is 10.1. The standard InChI is InChI=1S/C14H17N3/c1-2-17(10-3-4-10)14-6-5-13(15)11-7-8-16-9-12(11)14/h5-10H,2-4,15H2,1H3. The Kier molecular flexibility index (Phi) is 2.39. The zero-order chi connectivity index (χ0) is 11.8. The van der Waals surface area contributed by atoms with E-state index in [2.05, 4.69) is 22.9 Å². The molecule has 2 aromatic rings. The Hall–Kier alpha value is -1.77. The summed E-state index contributed by atoms with van der Waals surface area (Å²) in [5.74, 6) is 0. The van der Waals surface area contributed by atoms with Crippen LogP contribution >= 0.6 is 0 Å². The minimum atomic E-state index is 0.715. The molecule has 0 radical (unpaired) electrons. The van der Waals surface area contributed by atoms with Crippen molar-refractivity contribution in [1.82, 2.24) is 4.98 Å². The molecular formula is C14H17N3. The molecule has 0 aliphatic heterocycles. The number of aromatic nitrogens is 1. The lowest BCUT2D eigenvalue weighted by Gasteiger charge is -2.24. The molecule has 0 unspecified atom stereocenters. The molecule has 17 heavy (non-hydrogen) atoms. The highest BCUT2D eigenvalue weighted by Gasteiger charge is 2.29. The molecule has 3 rings (SSSR count). The second kappa shape index (κ2) is 3.91. The van der Waals surface area contributed by atoms with Crippen molar-refractivity contribution in [3.05, 3.63) is 30.6 Å². The fraction of sp³-hybridized carbons (Fsp3) is 0.357. The minimum absolute atomic E-state index is 0.715. The number of fused-ring (bicyclic) bond motifs is 1. The van der Waals surface area contributed by atoms with E-state index in [9.17, 15) is 0 Å². The summed E-state index contributed by atoms with van der Waals surface area (Å²) in [6, 6.07) is 6.84. The zero-order valence-corrected chi connectivity index (χ0v) is 10.1. The Morgan fingerprint density at radius 3 is 2.82 bits per heavy atom. The monoisotopic (exact) mass is 227 g/mol. The van der Waals surface area contributed by atoms with Crippen molar-refractivity contribution in [2.24, 2.45) is 0 Å². The molecule has 3 nitrogen and oxygen atoms in total. The second-order valence-electron chi connectivity index (χ2n) is 4.61. The number of nitrogen functional groups attached to an aromatic ring is 1. The van der Waals surface area contributed by atoms with E-state index in [0.717, 1.165) is 17.6 Å². The quantitative estimate of drug-likeness (QED) is 0.820. The molecule has 2 N–H and O–H groups in total. The largest absolute Gasteiger partial charge is 0.398 e. The van der Waals surface area contributed by atoms with Crippen LogP contribution in [0.2, 0.25) is 0 Å². The summed E-state index contributed by atoms with van der Waals surface area (Å²) in [6.07, 6.45) is 6.34. The molecule has 1 saturated carbocycles. The first-order chi connectivity index (χ1) is 8.31. The van der Waals surface area contributed by atoms with E-state index in [1.807, 2.05) is 18.3 Å². The maximum absolute atomic E-state index is 6.01. The van der Waals surface area contributed by atoms with Gasteiger partial charge in [0.15, 0.2) is 0 Å². The average Bonchev–Trinajstić information content (AvgIpc) is 3.18. The van der Waals surface area contributed by atoms with Crippen LogP contribution in [0.5, 0.6) is 0 Å². The van der Waals surface area contributed by atoms with Gasteiger partial charge in [0, 0.05) is 47.1 Å². The highest BCUT2D eigenvalue weighted by Crippen LogP contribution is 2.36. The zero-order valence-electron chi connectivity index (χ0n) is 10.1. The SMILES string of the molecule is CCN(c1ccc(N)c2ccncc12)C1CC1. The van der Waals surface area contributed by atoms with Crippen LogP contribution in [-0.4, -0.2) is 17.6 Å². The molecule has 0 spiro atoms.